The minimum atomic E-state index is -4.51. The van der Waals surface area contributed by atoms with E-state index < -0.39 is 23.6 Å². The number of carboxylic acid groups (broad SMARTS) is 1. The van der Waals surface area contributed by atoms with E-state index in [9.17, 15) is 18.0 Å². The Morgan fingerprint density at radius 3 is 2.67 bits per heavy atom. The molecule has 7 heteroatoms. The predicted octanol–water partition coefficient (Wildman–Crippen LogP) is 4.41. The van der Waals surface area contributed by atoms with E-state index in [1.165, 1.54) is 12.1 Å². The van der Waals surface area contributed by atoms with Crippen LogP contribution in [0.3, 0.4) is 0 Å². The van der Waals surface area contributed by atoms with Crippen molar-refractivity contribution in [2.45, 2.75) is 37.9 Å². The topological polar surface area (TPSA) is 49.3 Å². The van der Waals surface area contributed by atoms with E-state index in [4.69, 9.17) is 16.7 Å². The van der Waals surface area contributed by atoms with Gasteiger partial charge in [-0.05, 0) is 37.5 Å². The van der Waals surface area contributed by atoms with Gasteiger partial charge in [0.25, 0.3) is 0 Å². The molecule has 1 aliphatic rings. The molecule has 0 saturated heterocycles. The minimum absolute atomic E-state index is 0.0138. The first-order valence-corrected chi connectivity index (χ1v) is 7.01. The van der Waals surface area contributed by atoms with Gasteiger partial charge in [-0.3, -0.25) is 4.79 Å². The molecule has 1 aliphatic carbocycles. The van der Waals surface area contributed by atoms with Crippen molar-refractivity contribution in [3.05, 3.63) is 28.8 Å². The van der Waals surface area contributed by atoms with Crippen LogP contribution >= 0.6 is 11.6 Å². The maximum absolute atomic E-state index is 13.0. The molecule has 0 radical (unpaired) electrons. The van der Waals surface area contributed by atoms with Gasteiger partial charge >= 0.3 is 12.1 Å². The molecule has 116 valence electrons. The van der Waals surface area contributed by atoms with E-state index >= 15 is 0 Å². The molecule has 1 aromatic rings. The van der Waals surface area contributed by atoms with E-state index in [1.807, 2.05) is 0 Å². The van der Waals surface area contributed by atoms with Gasteiger partial charge in [0.15, 0.2) is 0 Å². The molecular formula is C14H15ClF3NO2. The van der Waals surface area contributed by atoms with Crippen molar-refractivity contribution >= 4 is 23.3 Å². The number of alkyl halides is 3. The average Bonchev–Trinajstić information content (AvgIpc) is 2.40. The van der Waals surface area contributed by atoms with Gasteiger partial charge in [0, 0.05) is 16.8 Å². The lowest BCUT2D eigenvalue weighted by atomic mass is 9.85. The van der Waals surface area contributed by atoms with Crippen molar-refractivity contribution < 1.29 is 23.1 Å². The molecule has 21 heavy (non-hydrogen) atoms. The normalized spacial score (nSPS) is 22.9. The third kappa shape index (κ3) is 4.03. The summed E-state index contributed by atoms with van der Waals surface area (Å²) in [6, 6.07) is 3.27. The van der Waals surface area contributed by atoms with Crippen molar-refractivity contribution in [2.75, 3.05) is 5.32 Å². The van der Waals surface area contributed by atoms with Crippen LogP contribution in [0.15, 0.2) is 18.2 Å². The van der Waals surface area contributed by atoms with Crippen LogP contribution in [0.4, 0.5) is 18.9 Å². The Balaban J connectivity index is 2.18. The Labute approximate surface area is 125 Å². The number of rotatable bonds is 3. The maximum atomic E-state index is 13.0. The number of carboxylic acids is 1. The summed E-state index contributed by atoms with van der Waals surface area (Å²) in [6.45, 7) is 0. The fraction of sp³-hybridized carbons (Fsp3) is 0.500. The summed E-state index contributed by atoms with van der Waals surface area (Å²) in [4.78, 5) is 11.0. The molecule has 0 aromatic heterocycles. The van der Waals surface area contributed by atoms with Crippen molar-refractivity contribution in [1.29, 1.82) is 0 Å². The smallest absolute Gasteiger partial charge is 0.418 e. The highest BCUT2D eigenvalue weighted by Gasteiger charge is 2.35. The van der Waals surface area contributed by atoms with Crippen LogP contribution in [0, 0.1) is 5.92 Å². The lowest BCUT2D eigenvalue weighted by Gasteiger charge is -2.29. The molecule has 0 spiro atoms. The molecule has 2 atom stereocenters. The Morgan fingerprint density at radius 2 is 2.05 bits per heavy atom. The highest BCUT2D eigenvalue weighted by Crippen LogP contribution is 2.38. The number of nitrogens with one attached hydrogen (secondary N) is 1. The second-order valence-electron chi connectivity index (χ2n) is 5.23. The SMILES string of the molecule is O=C(O)C1CCCC(Nc2ccc(Cl)cc2C(F)(F)F)C1. The number of benzene rings is 1. The summed E-state index contributed by atoms with van der Waals surface area (Å²) in [5.41, 5.74) is -0.879. The van der Waals surface area contributed by atoms with Crippen LogP contribution in [0.5, 0.6) is 0 Å². The van der Waals surface area contributed by atoms with Gasteiger partial charge < -0.3 is 10.4 Å². The molecule has 1 aromatic carbocycles. The van der Waals surface area contributed by atoms with Crippen molar-refractivity contribution in [1.82, 2.24) is 0 Å². The minimum Gasteiger partial charge on any atom is -0.481 e. The molecule has 1 saturated carbocycles. The number of anilines is 1. The average molecular weight is 322 g/mol. The second-order valence-corrected chi connectivity index (χ2v) is 5.67. The van der Waals surface area contributed by atoms with Crippen LogP contribution in [0.1, 0.15) is 31.2 Å². The van der Waals surface area contributed by atoms with Crippen LogP contribution in [0.2, 0.25) is 5.02 Å². The zero-order valence-corrected chi connectivity index (χ0v) is 11.8. The molecule has 0 bridgehead atoms. The lowest BCUT2D eigenvalue weighted by Crippen LogP contribution is -2.31. The third-order valence-electron chi connectivity index (χ3n) is 3.67. The van der Waals surface area contributed by atoms with Gasteiger partial charge in [0.05, 0.1) is 11.5 Å². The predicted molar refractivity (Wildman–Crippen MR) is 73.5 cm³/mol. The third-order valence-corrected chi connectivity index (χ3v) is 3.91. The molecule has 2 rings (SSSR count). The van der Waals surface area contributed by atoms with E-state index in [0.717, 1.165) is 6.07 Å². The molecule has 3 nitrogen and oxygen atoms in total. The number of hydrogen-bond donors (Lipinski definition) is 2. The molecule has 0 amide bonds. The summed E-state index contributed by atoms with van der Waals surface area (Å²) in [6.07, 6.45) is -2.27. The highest BCUT2D eigenvalue weighted by molar-refractivity contribution is 6.30. The zero-order chi connectivity index (χ0) is 15.6. The summed E-state index contributed by atoms with van der Waals surface area (Å²) in [5.74, 6) is -1.40. The molecule has 0 aliphatic heterocycles. The summed E-state index contributed by atoms with van der Waals surface area (Å²) in [7, 11) is 0. The summed E-state index contributed by atoms with van der Waals surface area (Å²) >= 11 is 5.62. The van der Waals surface area contributed by atoms with Gasteiger partial charge in [-0.1, -0.05) is 18.0 Å². The first-order valence-electron chi connectivity index (χ1n) is 6.63. The maximum Gasteiger partial charge on any atom is 0.418 e. The van der Waals surface area contributed by atoms with Crippen molar-refractivity contribution in [2.24, 2.45) is 5.92 Å². The number of halogens is 4. The van der Waals surface area contributed by atoms with Gasteiger partial charge in [-0.2, -0.15) is 13.2 Å². The van der Waals surface area contributed by atoms with Gasteiger partial charge in [0.1, 0.15) is 0 Å². The van der Waals surface area contributed by atoms with Crippen molar-refractivity contribution in [3.63, 3.8) is 0 Å². The van der Waals surface area contributed by atoms with E-state index in [-0.39, 0.29) is 16.8 Å². The van der Waals surface area contributed by atoms with E-state index in [1.54, 1.807) is 0 Å². The van der Waals surface area contributed by atoms with Gasteiger partial charge in [-0.15, -0.1) is 0 Å². The van der Waals surface area contributed by atoms with Crippen LogP contribution in [0.25, 0.3) is 0 Å². The Bertz CT molecular complexity index is 533. The molecule has 2 N–H and O–H groups in total. The van der Waals surface area contributed by atoms with Crippen LogP contribution in [-0.2, 0) is 11.0 Å². The second kappa shape index (κ2) is 6.13. The molecule has 0 heterocycles. The molecule has 1 fully saturated rings. The Kier molecular flexibility index (Phi) is 4.66. The Morgan fingerprint density at radius 1 is 1.33 bits per heavy atom. The standard InChI is InChI=1S/C14H15ClF3NO2/c15-9-4-5-12(11(7-9)14(16,17)18)19-10-3-1-2-8(6-10)13(20)21/h4-5,7-8,10,19H,1-3,6H2,(H,20,21). The van der Waals surface area contributed by atoms with Crippen molar-refractivity contribution in [3.8, 4) is 0 Å². The highest BCUT2D eigenvalue weighted by atomic mass is 35.5. The van der Waals surface area contributed by atoms with Crippen LogP contribution < -0.4 is 5.32 Å². The number of aliphatic carboxylic acids is 1. The van der Waals surface area contributed by atoms with Gasteiger partial charge in [-0.25, -0.2) is 0 Å². The fourth-order valence-corrected chi connectivity index (χ4v) is 2.81. The lowest BCUT2D eigenvalue weighted by molar-refractivity contribution is -0.143. The van der Waals surface area contributed by atoms with E-state index in [2.05, 4.69) is 5.32 Å². The quantitative estimate of drug-likeness (QED) is 0.866. The molecular weight excluding hydrogens is 307 g/mol. The Hall–Kier alpha value is -1.43. The summed E-state index contributed by atoms with van der Waals surface area (Å²) in [5, 5.41) is 11.9. The monoisotopic (exact) mass is 321 g/mol. The largest absolute Gasteiger partial charge is 0.481 e. The molecule has 2 unspecified atom stereocenters. The fourth-order valence-electron chi connectivity index (χ4n) is 2.64. The summed E-state index contributed by atoms with van der Waals surface area (Å²) < 4.78 is 39.0. The zero-order valence-electron chi connectivity index (χ0n) is 11.1. The van der Waals surface area contributed by atoms with Gasteiger partial charge in [0.2, 0.25) is 0 Å². The first kappa shape index (κ1) is 15.9. The number of carbonyl (C=O) groups is 1. The van der Waals surface area contributed by atoms with Crippen LogP contribution in [-0.4, -0.2) is 17.1 Å². The van der Waals surface area contributed by atoms with E-state index in [0.29, 0.717) is 25.7 Å². The first-order chi connectivity index (χ1) is 9.77. The number of hydrogen-bond acceptors (Lipinski definition) is 2.